The lowest BCUT2D eigenvalue weighted by Crippen LogP contribution is -2.54. The minimum atomic E-state index is -6.09. The number of hydrogen-bond donors (Lipinski definition) is 2. The van der Waals surface area contributed by atoms with Crippen molar-refractivity contribution in [3.63, 3.8) is 0 Å². The van der Waals surface area contributed by atoms with E-state index >= 15 is 0 Å². The van der Waals surface area contributed by atoms with Gasteiger partial charge in [-0.25, -0.2) is 4.98 Å². The number of halogens is 6. The largest absolute Gasteiger partial charge is 0.508 e. The lowest BCUT2D eigenvalue weighted by molar-refractivity contribution is -0.376. The molecule has 1 heterocycles. The monoisotopic (exact) mass is 508 g/mol. The number of aromatic nitrogens is 2. The van der Waals surface area contributed by atoms with E-state index in [9.17, 15) is 41.4 Å². The molecule has 0 radical (unpaired) electrons. The highest BCUT2D eigenvalue weighted by atomic mass is 19.4. The van der Waals surface area contributed by atoms with Gasteiger partial charge in [-0.2, -0.15) is 26.3 Å². The maximum absolute atomic E-state index is 13.5. The summed E-state index contributed by atoms with van der Waals surface area (Å²) in [6.07, 6.45) is -12.2. The molecule has 0 unspecified atom stereocenters. The van der Waals surface area contributed by atoms with Gasteiger partial charge in [0.15, 0.2) is 0 Å². The molecule has 0 aliphatic carbocycles. The number of alkyl halides is 6. The van der Waals surface area contributed by atoms with Gasteiger partial charge in [-0.1, -0.05) is 42.5 Å². The lowest BCUT2D eigenvalue weighted by atomic mass is 9.92. The summed E-state index contributed by atoms with van der Waals surface area (Å²) >= 11 is 0. The van der Waals surface area contributed by atoms with Crippen LogP contribution in [0.2, 0.25) is 0 Å². The standard InChI is InChI=1S/C25H18F6N2O3/c1-14-10-18-19(13-20(14)34)32-21(11-15-6-3-2-4-7-15)33(22(18)35)17-9-5-8-16(12-17)23(36,24(26,27)28)25(29,30)31/h2-10,12-13,34,36H,11H2,1H3. The fourth-order valence-corrected chi connectivity index (χ4v) is 3.90. The van der Waals surface area contributed by atoms with E-state index in [0.717, 1.165) is 16.7 Å². The van der Waals surface area contributed by atoms with Gasteiger partial charge in [0.2, 0.25) is 0 Å². The molecule has 36 heavy (non-hydrogen) atoms. The van der Waals surface area contributed by atoms with Crippen molar-refractivity contribution >= 4 is 10.9 Å². The Balaban J connectivity index is 2.02. The van der Waals surface area contributed by atoms with Crippen LogP contribution in [0.15, 0.2) is 71.5 Å². The molecule has 0 aliphatic rings. The highest BCUT2D eigenvalue weighted by Gasteiger charge is 2.71. The molecule has 0 bridgehead atoms. The van der Waals surface area contributed by atoms with Crippen LogP contribution >= 0.6 is 0 Å². The maximum Gasteiger partial charge on any atom is 0.430 e. The first-order valence-electron chi connectivity index (χ1n) is 10.5. The van der Waals surface area contributed by atoms with E-state index in [4.69, 9.17) is 0 Å². The van der Waals surface area contributed by atoms with E-state index in [1.165, 1.54) is 19.1 Å². The second-order valence-corrected chi connectivity index (χ2v) is 8.24. The van der Waals surface area contributed by atoms with Crippen LogP contribution in [0.4, 0.5) is 26.3 Å². The molecule has 0 saturated heterocycles. The molecular weight excluding hydrogens is 490 g/mol. The molecule has 0 amide bonds. The molecule has 188 valence electrons. The minimum Gasteiger partial charge on any atom is -0.508 e. The smallest absolute Gasteiger partial charge is 0.430 e. The van der Waals surface area contributed by atoms with Crippen LogP contribution in [0, 0.1) is 6.92 Å². The van der Waals surface area contributed by atoms with Crippen molar-refractivity contribution in [2.75, 3.05) is 0 Å². The van der Waals surface area contributed by atoms with Crippen molar-refractivity contribution < 1.29 is 36.6 Å². The Hall–Kier alpha value is -3.86. The molecule has 2 N–H and O–H groups in total. The summed E-state index contributed by atoms with van der Waals surface area (Å²) in [7, 11) is 0. The number of phenolic OH excluding ortho intramolecular Hbond substituents is 1. The number of phenols is 1. The summed E-state index contributed by atoms with van der Waals surface area (Å²) in [5.41, 5.74) is -6.70. The summed E-state index contributed by atoms with van der Waals surface area (Å²) in [4.78, 5) is 17.9. The first-order valence-corrected chi connectivity index (χ1v) is 10.5. The summed E-state index contributed by atoms with van der Waals surface area (Å²) in [5.74, 6) is -0.137. The first-order chi connectivity index (χ1) is 16.7. The molecule has 0 fully saturated rings. The van der Waals surface area contributed by atoms with E-state index < -0.39 is 29.1 Å². The summed E-state index contributed by atoms with van der Waals surface area (Å²) in [6, 6.07) is 14.1. The average molecular weight is 508 g/mol. The zero-order valence-corrected chi connectivity index (χ0v) is 18.5. The van der Waals surface area contributed by atoms with Crippen molar-refractivity contribution in [3.05, 3.63) is 99.6 Å². The Morgan fingerprint density at radius 3 is 2.14 bits per heavy atom. The van der Waals surface area contributed by atoms with E-state index in [-0.39, 0.29) is 34.6 Å². The van der Waals surface area contributed by atoms with Gasteiger partial charge >= 0.3 is 12.4 Å². The normalized spacial score (nSPS) is 12.8. The number of aliphatic hydroxyl groups is 1. The van der Waals surface area contributed by atoms with E-state index in [1.54, 1.807) is 30.3 Å². The number of benzene rings is 3. The van der Waals surface area contributed by atoms with Gasteiger partial charge in [-0.05, 0) is 36.2 Å². The number of nitrogens with zero attached hydrogens (tertiary/aromatic N) is 2. The van der Waals surface area contributed by atoms with Gasteiger partial charge in [-0.15, -0.1) is 0 Å². The Morgan fingerprint density at radius 2 is 1.53 bits per heavy atom. The predicted octanol–water partition coefficient (Wildman–Crippen LogP) is 5.30. The molecule has 11 heteroatoms. The van der Waals surface area contributed by atoms with E-state index in [2.05, 4.69) is 4.98 Å². The van der Waals surface area contributed by atoms with E-state index in [1.807, 2.05) is 0 Å². The summed E-state index contributed by atoms with van der Waals surface area (Å²) < 4.78 is 81.8. The van der Waals surface area contributed by atoms with Crippen LogP contribution in [0.25, 0.3) is 16.6 Å². The van der Waals surface area contributed by atoms with Crippen LogP contribution < -0.4 is 5.56 Å². The Bertz CT molecular complexity index is 1480. The van der Waals surface area contributed by atoms with Crippen molar-refractivity contribution in [1.82, 2.24) is 9.55 Å². The zero-order valence-electron chi connectivity index (χ0n) is 18.5. The molecule has 0 atom stereocenters. The highest BCUT2D eigenvalue weighted by molar-refractivity contribution is 5.81. The summed E-state index contributed by atoms with van der Waals surface area (Å²) in [5, 5.41) is 19.9. The fourth-order valence-electron chi connectivity index (χ4n) is 3.90. The Kier molecular flexibility index (Phi) is 6.07. The topological polar surface area (TPSA) is 75.4 Å². The molecule has 0 aliphatic heterocycles. The summed E-state index contributed by atoms with van der Waals surface area (Å²) in [6.45, 7) is 1.52. The van der Waals surface area contributed by atoms with Crippen molar-refractivity contribution in [3.8, 4) is 11.4 Å². The average Bonchev–Trinajstić information content (AvgIpc) is 2.79. The number of aryl methyl sites for hydroxylation is 1. The van der Waals surface area contributed by atoms with Crippen LogP contribution in [-0.2, 0) is 12.0 Å². The third-order valence-corrected chi connectivity index (χ3v) is 5.80. The second kappa shape index (κ2) is 8.66. The fraction of sp³-hybridized carbons (Fsp3) is 0.200. The first kappa shape index (κ1) is 25.2. The molecule has 4 aromatic rings. The van der Waals surface area contributed by atoms with Gasteiger partial charge in [0.05, 0.1) is 16.6 Å². The number of aromatic hydroxyl groups is 1. The molecule has 5 nitrogen and oxygen atoms in total. The van der Waals surface area contributed by atoms with Crippen LogP contribution in [-0.4, -0.2) is 32.1 Å². The number of hydrogen-bond acceptors (Lipinski definition) is 4. The Labute approximate surface area is 199 Å². The van der Waals surface area contributed by atoms with Crippen LogP contribution in [0.1, 0.15) is 22.5 Å². The second-order valence-electron chi connectivity index (χ2n) is 8.24. The number of fused-ring (bicyclic) bond motifs is 1. The molecule has 1 aromatic heterocycles. The van der Waals surface area contributed by atoms with Crippen molar-refractivity contribution in [1.29, 1.82) is 0 Å². The third kappa shape index (κ3) is 4.19. The maximum atomic E-state index is 13.5. The predicted molar refractivity (Wildman–Crippen MR) is 119 cm³/mol. The van der Waals surface area contributed by atoms with Gasteiger partial charge in [0.1, 0.15) is 11.6 Å². The quantitative estimate of drug-likeness (QED) is 0.367. The minimum absolute atomic E-state index is 0.00154. The molecule has 0 spiro atoms. The van der Waals surface area contributed by atoms with Crippen LogP contribution in [0.3, 0.4) is 0 Å². The van der Waals surface area contributed by atoms with E-state index in [0.29, 0.717) is 23.3 Å². The molecule has 0 saturated carbocycles. The zero-order chi connectivity index (χ0) is 26.5. The molecule has 4 rings (SSSR count). The number of rotatable bonds is 4. The van der Waals surface area contributed by atoms with Gasteiger partial charge in [-0.3, -0.25) is 9.36 Å². The van der Waals surface area contributed by atoms with Crippen LogP contribution in [0.5, 0.6) is 5.75 Å². The van der Waals surface area contributed by atoms with Crippen molar-refractivity contribution in [2.45, 2.75) is 31.3 Å². The van der Waals surface area contributed by atoms with Gasteiger partial charge in [0, 0.05) is 18.1 Å². The highest BCUT2D eigenvalue weighted by Crippen LogP contribution is 2.50. The van der Waals surface area contributed by atoms with Gasteiger partial charge < -0.3 is 10.2 Å². The van der Waals surface area contributed by atoms with Crippen molar-refractivity contribution in [2.24, 2.45) is 0 Å². The third-order valence-electron chi connectivity index (χ3n) is 5.80. The SMILES string of the molecule is Cc1cc2c(=O)n(-c3cccc(C(O)(C(F)(F)F)C(F)(F)F)c3)c(Cc3ccccc3)nc2cc1O. The molecular formula is C25H18F6N2O3. The Morgan fingerprint density at radius 1 is 0.889 bits per heavy atom. The molecule has 3 aromatic carbocycles. The lowest BCUT2D eigenvalue weighted by Gasteiger charge is -2.33. The van der Waals surface area contributed by atoms with Gasteiger partial charge in [0.25, 0.3) is 11.2 Å².